The molecule has 1 aliphatic rings. The third kappa shape index (κ3) is 3.14. The van der Waals surface area contributed by atoms with Gasteiger partial charge >= 0.3 is 6.09 Å². The van der Waals surface area contributed by atoms with E-state index in [9.17, 15) is 9.59 Å². The Morgan fingerprint density at radius 1 is 1.35 bits per heavy atom. The Kier molecular flexibility index (Phi) is 3.75. The lowest BCUT2D eigenvalue weighted by Crippen LogP contribution is -2.42. The summed E-state index contributed by atoms with van der Waals surface area (Å²) in [6.07, 6.45) is 0.116. The first-order chi connectivity index (χ1) is 10.7. The van der Waals surface area contributed by atoms with Crippen molar-refractivity contribution >= 4 is 28.7 Å². The van der Waals surface area contributed by atoms with Crippen LogP contribution in [-0.2, 0) is 17.7 Å². The predicted octanol–water partition coefficient (Wildman–Crippen LogP) is 2.26. The molecule has 0 saturated heterocycles. The summed E-state index contributed by atoms with van der Waals surface area (Å²) in [6.45, 7) is 6.10. The third-order valence-corrected chi connectivity index (χ3v) is 3.78. The number of fused-ring (bicyclic) bond motifs is 3. The summed E-state index contributed by atoms with van der Waals surface area (Å²) in [4.78, 5) is 28.7. The van der Waals surface area contributed by atoms with Crippen LogP contribution in [0.5, 0.6) is 0 Å². The normalized spacial score (nSPS) is 14.7. The Bertz CT molecular complexity index is 841. The highest BCUT2D eigenvalue weighted by Gasteiger charge is 2.28. The zero-order chi connectivity index (χ0) is 16.8. The number of amides is 1. The predicted molar refractivity (Wildman–Crippen MR) is 85.5 cm³/mol. The van der Waals surface area contributed by atoms with E-state index in [2.05, 4.69) is 15.2 Å². The van der Waals surface area contributed by atoms with Gasteiger partial charge in [-0.2, -0.15) is 0 Å². The van der Waals surface area contributed by atoms with Gasteiger partial charge in [0.05, 0.1) is 6.54 Å². The first-order valence-electron chi connectivity index (χ1n) is 7.29. The lowest BCUT2D eigenvalue weighted by atomic mass is 9.98. The molecule has 3 rings (SSSR count). The quantitative estimate of drug-likeness (QED) is 0.797. The molecule has 0 aliphatic carbocycles. The van der Waals surface area contributed by atoms with E-state index in [1.165, 1.54) is 4.90 Å². The van der Waals surface area contributed by atoms with Crippen molar-refractivity contribution in [2.24, 2.45) is 0 Å². The fraction of sp³-hybridized carbons (Fsp3) is 0.467. The van der Waals surface area contributed by atoms with Crippen LogP contribution in [0.3, 0.4) is 0 Å². The minimum absolute atomic E-state index is 0.204. The first kappa shape index (κ1) is 15.7. The molecule has 7 nitrogen and oxygen atoms in total. The van der Waals surface area contributed by atoms with Gasteiger partial charge < -0.3 is 14.6 Å². The zero-order valence-corrected chi connectivity index (χ0v) is 13.9. The molecular weight excluding hydrogens is 320 g/mol. The van der Waals surface area contributed by atoms with Crippen LogP contribution in [0.25, 0.3) is 11.0 Å². The number of aromatic nitrogens is 3. The summed E-state index contributed by atoms with van der Waals surface area (Å²) in [5, 5.41) is 8.68. The number of rotatable bonds is 0. The number of hydrogen-bond donors (Lipinski definition) is 1. The Balaban J connectivity index is 1.98. The van der Waals surface area contributed by atoms with Gasteiger partial charge in [-0.25, -0.2) is 4.79 Å². The molecule has 2 aromatic heterocycles. The molecule has 0 radical (unpaired) electrons. The summed E-state index contributed by atoms with van der Waals surface area (Å²) >= 11 is 5.90. The maximum absolute atomic E-state index is 12.3. The van der Waals surface area contributed by atoms with E-state index in [0.29, 0.717) is 24.2 Å². The minimum atomic E-state index is -0.573. The number of carbonyl (C=O) groups excluding carboxylic acids is 1. The number of nitrogens with one attached hydrogen (secondary N) is 1. The van der Waals surface area contributed by atoms with Gasteiger partial charge in [0.1, 0.15) is 5.60 Å². The molecule has 0 aromatic carbocycles. The van der Waals surface area contributed by atoms with E-state index >= 15 is 0 Å². The highest BCUT2D eigenvalue weighted by Crippen LogP contribution is 2.25. The summed E-state index contributed by atoms with van der Waals surface area (Å²) in [5.74, 6) is 0. The lowest BCUT2D eigenvalue weighted by molar-refractivity contribution is 0.0223. The van der Waals surface area contributed by atoms with Crippen LogP contribution in [0, 0.1) is 0 Å². The number of ether oxygens (including phenoxy) is 1. The molecule has 0 unspecified atom stereocenters. The van der Waals surface area contributed by atoms with Gasteiger partial charge in [-0.05, 0) is 38.8 Å². The molecule has 0 fully saturated rings. The zero-order valence-electron chi connectivity index (χ0n) is 13.1. The summed E-state index contributed by atoms with van der Waals surface area (Å²) in [5.41, 5.74) is 0.969. The number of halogens is 1. The molecule has 1 aliphatic heterocycles. The van der Waals surface area contributed by atoms with Crippen molar-refractivity contribution in [3.8, 4) is 0 Å². The Hall–Kier alpha value is -2.15. The molecule has 0 bridgehead atoms. The van der Waals surface area contributed by atoms with Crippen LogP contribution in [0.4, 0.5) is 4.79 Å². The molecule has 1 amide bonds. The van der Waals surface area contributed by atoms with Crippen molar-refractivity contribution in [2.75, 3.05) is 6.54 Å². The van der Waals surface area contributed by atoms with Gasteiger partial charge in [-0.15, -0.1) is 10.2 Å². The van der Waals surface area contributed by atoms with E-state index in [0.717, 1.165) is 10.9 Å². The smallest absolute Gasteiger partial charge is 0.410 e. The van der Waals surface area contributed by atoms with E-state index in [1.54, 1.807) is 6.07 Å². The van der Waals surface area contributed by atoms with E-state index < -0.39 is 11.7 Å². The van der Waals surface area contributed by atoms with Crippen molar-refractivity contribution < 1.29 is 9.53 Å². The molecule has 23 heavy (non-hydrogen) atoms. The molecule has 2 aromatic rings. The second kappa shape index (κ2) is 5.49. The van der Waals surface area contributed by atoms with Crippen LogP contribution in [0.2, 0.25) is 5.15 Å². The topological polar surface area (TPSA) is 88.2 Å². The highest BCUT2D eigenvalue weighted by atomic mass is 35.5. The molecule has 0 atom stereocenters. The number of carbonyl (C=O) groups is 1. The molecular formula is C15H17ClN4O3. The van der Waals surface area contributed by atoms with Crippen LogP contribution in [-0.4, -0.2) is 38.3 Å². The molecule has 3 heterocycles. The van der Waals surface area contributed by atoms with Gasteiger partial charge in [0, 0.05) is 17.5 Å². The summed E-state index contributed by atoms with van der Waals surface area (Å²) in [6, 6.07) is 1.68. The third-order valence-electron chi connectivity index (χ3n) is 3.59. The van der Waals surface area contributed by atoms with Crippen molar-refractivity contribution in [3.05, 3.63) is 32.7 Å². The highest BCUT2D eigenvalue weighted by molar-refractivity contribution is 6.29. The monoisotopic (exact) mass is 336 g/mol. The van der Waals surface area contributed by atoms with Crippen molar-refractivity contribution in [1.29, 1.82) is 0 Å². The largest absolute Gasteiger partial charge is 0.444 e. The van der Waals surface area contributed by atoms with E-state index in [-0.39, 0.29) is 17.3 Å². The van der Waals surface area contributed by atoms with Crippen molar-refractivity contribution in [1.82, 2.24) is 20.1 Å². The Morgan fingerprint density at radius 3 is 2.78 bits per heavy atom. The van der Waals surface area contributed by atoms with Crippen LogP contribution in [0.15, 0.2) is 10.9 Å². The summed E-state index contributed by atoms with van der Waals surface area (Å²) in [7, 11) is 0. The van der Waals surface area contributed by atoms with Gasteiger partial charge in [-0.3, -0.25) is 4.79 Å². The van der Waals surface area contributed by atoms with E-state index in [4.69, 9.17) is 16.3 Å². The lowest BCUT2D eigenvalue weighted by Gasteiger charge is -2.31. The van der Waals surface area contributed by atoms with Gasteiger partial charge in [0.2, 0.25) is 0 Å². The average Bonchev–Trinajstić information content (AvgIpc) is 2.46. The Morgan fingerprint density at radius 2 is 2.09 bits per heavy atom. The number of aromatic amines is 1. The number of H-pyrrole nitrogens is 1. The second-order valence-corrected chi connectivity index (χ2v) is 6.88. The fourth-order valence-corrected chi connectivity index (χ4v) is 2.77. The number of nitrogens with zero attached hydrogens (tertiary/aromatic N) is 3. The molecule has 8 heteroatoms. The van der Waals surface area contributed by atoms with Crippen molar-refractivity contribution in [2.45, 2.75) is 39.3 Å². The van der Waals surface area contributed by atoms with Crippen LogP contribution < -0.4 is 5.56 Å². The Labute approximate surface area is 137 Å². The SMILES string of the molecule is CC(C)(C)OC(=O)N1CCc2c(c(=O)[nH]c3nnc(Cl)cc23)C1. The molecule has 0 saturated carbocycles. The number of hydrogen-bond acceptors (Lipinski definition) is 5. The molecule has 0 spiro atoms. The number of pyridine rings is 1. The molecule has 122 valence electrons. The van der Waals surface area contributed by atoms with Crippen LogP contribution in [0.1, 0.15) is 31.9 Å². The maximum atomic E-state index is 12.3. The van der Waals surface area contributed by atoms with Crippen LogP contribution >= 0.6 is 11.6 Å². The molecule has 1 N–H and O–H groups in total. The maximum Gasteiger partial charge on any atom is 0.410 e. The van der Waals surface area contributed by atoms with Gasteiger partial charge in [-0.1, -0.05) is 11.6 Å². The standard InChI is InChI=1S/C15H17ClN4O3/c1-15(2,3)23-14(22)20-5-4-8-9-6-11(16)18-19-12(9)17-13(21)10(8)7-20/h6H,4-5,7H2,1-3H3,(H,17,19,21). The van der Waals surface area contributed by atoms with E-state index in [1.807, 2.05) is 20.8 Å². The summed E-state index contributed by atoms with van der Waals surface area (Å²) < 4.78 is 5.37. The average molecular weight is 337 g/mol. The fourth-order valence-electron chi connectivity index (χ4n) is 2.62. The first-order valence-corrected chi connectivity index (χ1v) is 7.67. The van der Waals surface area contributed by atoms with Gasteiger partial charge in [0.25, 0.3) is 5.56 Å². The van der Waals surface area contributed by atoms with Gasteiger partial charge in [0.15, 0.2) is 10.8 Å². The van der Waals surface area contributed by atoms with Crippen molar-refractivity contribution in [3.63, 3.8) is 0 Å². The second-order valence-electron chi connectivity index (χ2n) is 6.49. The minimum Gasteiger partial charge on any atom is -0.444 e.